The average molecular weight is 352 g/mol. The average Bonchev–Trinajstić information content (AvgIpc) is 3.06. The molecule has 0 unspecified atom stereocenters. The SMILES string of the molecule is COc1ccc(Cn2nnc(C(=O)c3ccccc3N)c2C(=O)O)cc1. The van der Waals surface area contributed by atoms with E-state index in [1.54, 1.807) is 49.6 Å². The van der Waals surface area contributed by atoms with E-state index in [1.807, 2.05) is 0 Å². The minimum atomic E-state index is -1.29. The topological polar surface area (TPSA) is 120 Å². The Morgan fingerprint density at radius 2 is 1.85 bits per heavy atom. The zero-order valence-corrected chi connectivity index (χ0v) is 13.9. The highest BCUT2D eigenvalue weighted by Crippen LogP contribution is 2.19. The second kappa shape index (κ2) is 7.06. The summed E-state index contributed by atoms with van der Waals surface area (Å²) in [4.78, 5) is 24.4. The molecule has 0 fully saturated rings. The number of carbonyl (C=O) groups is 2. The van der Waals surface area contributed by atoms with Crippen molar-refractivity contribution in [2.24, 2.45) is 0 Å². The van der Waals surface area contributed by atoms with Gasteiger partial charge < -0.3 is 15.6 Å². The van der Waals surface area contributed by atoms with Crippen LogP contribution in [-0.2, 0) is 6.54 Å². The van der Waals surface area contributed by atoms with Crippen molar-refractivity contribution in [2.45, 2.75) is 6.54 Å². The van der Waals surface area contributed by atoms with Gasteiger partial charge in [0.15, 0.2) is 11.4 Å². The number of nitrogens with two attached hydrogens (primary N) is 1. The Hall–Kier alpha value is -3.68. The standard InChI is InChI=1S/C18H16N4O4/c1-26-12-8-6-11(7-9-12)10-22-16(18(24)25)15(20-21-22)17(23)13-4-2-3-5-14(13)19/h2-9H,10,19H2,1H3,(H,24,25). The fraction of sp³-hybridized carbons (Fsp3) is 0.111. The Balaban J connectivity index is 1.97. The summed E-state index contributed by atoms with van der Waals surface area (Å²) in [6.45, 7) is 0.149. The second-order valence-electron chi connectivity index (χ2n) is 5.51. The van der Waals surface area contributed by atoms with Crippen LogP contribution in [0.3, 0.4) is 0 Å². The Labute approximate surface area is 148 Å². The number of anilines is 1. The molecule has 2 aromatic carbocycles. The van der Waals surface area contributed by atoms with Gasteiger partial charge in [0.05, 0.1) is 13.7 Å². The van der Waals surface area contributed by atoms with Crippen molar-refractivity contribution >= 4 is 17.4 Å². The van der Waals surface area contributed by atoms with Gasteiger partial charge in [-0.15, -0.1) is 5.10 Å². The van der Waals surface area contributed by atoms with Crippen LogP contribution < -0.4 is 10.5 Å². The van der Waals surface area contributed by atoms with Gasteiger partial charge in [-0.3, -0.25) is 4.79 Å². The van der Waals surface area contributed by atoms with E-state index in [4.69, 9.17) is 10.5 Å². The summed E-state index contributed by atoms with van der Waals surface area (Å²) in [5.74, 6) is -1.19. The molecule has 0 amide bonds. The third-order valence-corrected chi connectivity index (χ3v) is 3.85. The molecular formula is C18H16N4O4. The quantitative estimate of drug-likeness (QED) is 0.513. The van der Waals surface area contributed by atoms with Gasteiger partial charge in [0, 0.05) is 11.3 Å². The Morgan fingerprint density at radius 1 is 1.15 bits per heavy atom. The molecule has 8 nitrogen and oxygen atoms in total. The molecule has 0 atom stereocenters. The van der Waals surface area contributed by atoms with Crippen LogP contribution in [-0.4, -0.2) is 39.0 Å². The maximum absolute atomic E-state index is 12.7. The fourth-order valence-corrected chi connectivity index (χ4v) is 2.52. The van der Waals surface area contributed by atoms with Crippen molar-refractivity contribution in [2.75, 3.05) is 12.8 Å². The molecule has 8 heteroatoms. The van der Waals surface area contributed by atoms with Crippen molar-refractivity contribution in [1.82, 2.24) is 15.0 Å². The first kappa shape index (κ1) is 17.2. The van der Waals surface area contributed by atoms with Crippen LogP contribution >= 0.6 is 0 Å². The van der Waals surface area contributed by atoms with E-state index < -0.39 is 11.8 Å². The van der Waals surface area contributed by atoms with Crippen molar-refractivity contribution in [3.8, 4) is 5.75 Å². The summed E-state index contributed by atoms with van der Waals surface area (Å²) in [5.41, 5.74) is 6.50. The fourth-order valence-electron chi connectivity index (χ4n) is 2.52. The Bertz CT molecular complexity index is 964. The third kappa shape index (κ3) is 3.25. The molecule has 0 saturated heterocycles. The number of benzene rings is 2. The monoisotopic (exact) mass is 352 g/mol. The highest BCUT2D eigenvalue weighted by atomic mass is 16.5. The van der Waals surface area contributed by atoms with E-state index >= 15 is 0 Å². The number of para-hydroxylation sites is 1. The van der Waals surface area contributed by atoms with Crippen molar-refractivity contribution in [3.05, 3.63) is 71.0 Å². The van der Waals surface area contributed by atoms with Gasteiger partial charge in [-0.1, -0.05) is 29.5 Å². The maximum Gasteiger partial charge on any atom is 0.356 e. The second-order valence-corrected chi connectivity index (χ2v) is 5.51. The summed E-state index contributed by atoms with van der Waals surface area (Å²) < 4.78 is 6.27. The molecule has 0 aliphatic carbocycles. The van der Waals surface area contributed by atoms with Crippen molar-refractivity contribution in [3.63, 3.8) is 0 Å². The lowest BCUT2D eigenvalue weighted by molar-refractivity contribution is 0.0679. The number of carboxylic acids is 1. The van der Waals surface area contributed by atoms with Gasteiger partial charge in [-0.2, -0.15) is 0 Å². The van der Waals surface area contributed by atoms with Gasteiger partial charge in [0.1, 0.15) is 5.75 Å². The van der Waals surface area contributed by atoms with Crippen LogP contribution in [0.5, 0.6) is 5.75 Å². The number of carboxylic acid groups (broad SMARTS) is 1. The number of hydrogen-bond acceptors (Lipinski definition) is 6. The molecule has 132 valence electrons. The Morgan fingerprint density at radius 3 is 2.46 bits per heavy atom. The molecule has 0 aliphatic rings. The van der Waals surface area contributed by atoms with E-state index in [0.29, 0.717) is 5.75 Å². The summed E-state index contributed by atoms with van der Waals surface area (Å²) >= 11 is 0. The summed E-state index contributed by atoms with van der Waals surface area (Å²) in [6, 6.07) is 13.5. The Kier molecular flexibility index (Phi) is 4.66. The highest BCUT2D eigenvalue weighted by Gasteiger charge is 2.27. The van der Waals surface area contributed by atoms with E-state index in [9.17, 15) is 14.7 Å². The van der Waals surface area contributed by atoms with Crippen LogP contribution in [0, 0.1) is 0 Å². The molecule has 1 heterocycles. The van der Waals surface area contributed by atoms with E-state index in [0.717, 1.165) is 5.56 Å². The lowest BCUT2D eigenvalue weighted by atomic mass is 10.0. The zero-order chi connectivity index (χ0) is 18.7. The van der Waals surface area contributed by atoms with Gasteiger partial charge >= 0.3 is 5.97 Å². The number of ether oxygens (including phenoxy) is 1. The predicted molar refractivity (Wildman–Crippen MR) is 93.4 cm³/mol. The molecule has 0 spiro atoms. The number of rotatable bonds is 6. The van der Waals surface area contributed by atoms with Gasteiger partial charge in [-0.25, -0.2) is 9.48 Å². The summed E-state index contributed by atoms with van der Waals surface area (Å²) in [6.07, 6.45) is 0. The first-order chi connectivity index (χ1) is 12.5. The van der Waals surface area contributed by atoms with Gasteiger partial charge in [0.25, 0.3) is 0 Å². The van der Waals surface area contributed by atoms with Crippen LogP contribution in [0.2, 0.25) is 0 Å². The summed E-state index contributed by atoms with van der Waals surface area (Å²) in [5, 5.41) is 17.2. The lowest BCUT2D eigenvalue weighted by Gasteiger charge is -2.06. The molecule has 1 aromatic heterocycles. The minimum absolute atomic E-state index is 0.149. The van der Waals surface area contributed by atoms with E-state index in [1.165, 1.54) is 10.7 Å². The summed E-state index contributed by atoms with van der Waals surface area (Å²) in [7, 11) is 1.56. The van der Waals surface area contributed by atoms with Gasteiger partial charge in [-0.05, 0) is 29.8 Å². The largest absolute Gasteiger partial charge is 0.497 e. The van der Waals surface area contributed by atoms with Crippen molar-refractivity contribution < 1.29 is 19.4 Å². The molecule has 0 saturated carbocycles. The molecule has 0 radical (unpaired) electrons. The minimum Gasteiger partial charge on any atom is -0.497 e. The predicted octanol–water partition coefficient (Wildman–Crippen LogP) is 1.85. The lowest BCUT2D eigenvalue weighted by Crippen LogP contribution is -2.16. The highest BCUT2D eigenvalue weighted by molar-refractivity contribution is 6.14. The number of nitrogen functional groups attached to an aromatic ring is 1. The number of carbonyl (C=O) groups excluding carboxylic acids is 1. The number of aromatic carboxylic acids is 1. The number of methoxy groups -OCH3 is 1. The first-order valence-corrected chi connectivity index (χ1v) is 7.70. The van der Waals surface area contributed by atoms with Crippen LogP contribution in [0.4, 0.5) is 5.69 Å². The van der Waals surface area contributed by atoms with Crippen LogP contribution in [0.1, 0.15) is 32.1 Å². The molecule has 3 N–H and O–H groups in total. The molecule has 0 aliphatic heterocycles. The van der Waals surface area contributed by atoms with E-state index in [-0.39, 0.29) is 29.2 Å². The van der Waals surface area contributed by atoms with E-state index in [2.05, 4.69) is 10.3 Å². The molecule has 3 aromatic rings. The maximum atomic E-state index is 12.7. The normalized spacial score (nSPS) is 10.5. The molecule has 3 rings (SSSR count). The number of aromatic nitrogens is 3. The first-order valence-electron chi connectivity index (χ1n) is 7.70. The zero-order valence-electron chi connectivity index (χ0n) is 13.9. The number of hydrogen-bond donors (Lipinski definition) is 2. The van der Waals surface area contributed by atoms with Crippen molar-refractivity contribution in [1.29, 1.82) is 0 Å². The molecule has 26 heavy (non-hydrogen) atoms. The number of ketones is 1. The number of nitrogens with zero attached hydrogens (tertiary/aromatic N) is 3. The molecule has 0 bridgehead atoms. The van der Waals surface area contributed by atoms with Crippen LogP contribution in [0.25, 0.3) is 0 Å². The smallest absolute Gasteiger partial charge is 0.356 e. The molecular weight excluding hydrogens is 336 g/mol. The third-order valence-electron chi connectivity index (χ3n) is 3.85. The van der Waals surface area contributed by atoms with Crippen LogP contribution in [0.15, 0.2) is 48.5 Å². The van der Waals surface area contributed by atoms with Gasteiger partial charge in [0.2, 0.25) is 5.78 Å².